The Labute approximate surface area is 146 Å². The molecule has 128 valence electrons. The summed E-state index contributed by atoms with van der Waals surface area (Å²) >= 11 is 0. The minimum absolute atomic E-state index is 0. The molecule has 0 spiro atoms. The van der Waals surface area contributed by atoms with Gasteiger partial charge in [-0.05, 0) is 5.56 Å². The summed E-state index contributed by atoms with van der Waals surface area (Å²) in [6.07, 6.45) is 3.43. The number of benzene rings is 1. The van der Waals surface area contributed by atoms with Crippen LogP contribution in [0.3, 0.4) is 0 Å². The zero-order valence-corrected chi connectivity index (χ0v) is 14.1. The molecule has 2 N–H and O–H groups in total. The number of piperazine rings is 1. The van der Waals surface area contributed by atoms with Crippen molar-refractivity contribution in [2.24, 2.45) is 12.8 Å². The molecule has 2 aromatic rings. The summed E-state index contributed by atoms with van der Waals surface area (Å²) in [6, 6.07) is 8.44. The largest absolute Gasteiger partial charge is 0.330 e. The number of aryl methyl sites for hydroxylation is 1. The summed E-state index contributed by atoms with van der Waals surface area (Å²) in [5, 5.41) is 4.07. The van der Waals surface area contributed by atoms with Crippen molar-refractivity contribution in [3.63, 3.8) is 0 Å². The van der Waals surface area contributed by atoms with E-state index < -0.39 is 6.04 Å². The standard InChI is InChI=1S/C16H19N5O2.ClH/c1-19-10-13(9-18-19)21-8-7-20(11-14(21)22)16(23)15(17)12-5-3-2-4-6-12;/h2-6,9-10,15H,7-8,11,17H2,1H3;1H. The average Bonchev–Trinajstić information content (AvgIpc) is 3.00. The molecular weight excluding hydrogens is 330 g/mol. The molecule has 2 amide bonds. The van der Waals surface area contributed by atoms with Crippen LogP contribution in [0.1, 0.15) is 11.6 Å². The first-order valence-electron chi connectivity index (χ1n) is 7.44. The summed E-state index contributed by atoms with van der Waals surface area (Å²) < 4.78 is 1.64. The van der Waals surface area contributed by atoms with Gasteiger partial charge in [0.1, 0.15) is 12.6 Å². The van der Waals surface area contributed by atoms with E-state index in [2.05, 4.69) is 5.10 Å². The second-order valence-electron chi connectivity index (χ2n) is 5.57. The van der Waals surface area contributed by atoms with E-state index in [-0.39, 0.29) is 30.8 Å². The highest BCUT2D eigenvalue weighted by Crippen LogP contribution is 2.19. The van der Waals surface area contributed by atoms with E-state index in [1.807, 2.05) is 30.3 Å². The van der Waals surface area contributed by atoms with E-state index >= 15 is 0 Å². The molecule has 1 aromatic heterocycles. The lowest BCUT2D eigenvalue weighted by molar-refractivity contribution is -0.138. The van der Waals surface area contributed by atoms with E-state index in [1.54, 1.807) is 29.0 Å². The Morgan fingerprint density at radius 2 is 1.96 bits per heavy atom. The first-order valence-corrected chi connectivity index (χ1v) is 7.44. The molecule has 1 aliphatic rings. The average molecular weight is 350 g/mol. The summed E-state index contributed by atoms with van der Waals surface area (Å²) in [7, 11) is 1.80. The van der Waals surface area contributed by atoms with Crippen LogP contribution in [0.15, 0.2) is 42.7 Å². The SMILES string of the molecule is Cl.Cn1cc(N2CCN(C(=O)C(N)c3ccccc3)CC2=O)cn1. The van der Waals surface area contributed by atoms with Crippen LogP contribution < -0.4 is 10.6 Å². The number of nitrogens with two attached hydrogens (primary N) is 1. The number of hydrogen-bond acceptors (Lipinski definition) is 4. The molecule has 2 heterocycles. The second-order valence-corrected chi connectivity index (χ2v) is 5.57. The third kappa shape index (κ3) is 3.58. The maximum Gasteiger partial charge on any atom is 0.246 e. The van der Waals surface area contributed by atoms with Crippen LogP contribution in [-0.4, -0.2) is 46.1 Å². The summed E-state index contributed by atoms with van der Waals surface area (Å²) in [5.74, 6) is -0.353. The van der Waals surface area contributed by atoms with Gasteiger partial charge in [0.15, 0.2) is 0 Å². The Balaban J connectivity index is 0.00000208. The van der Waals surface area contributed by atoms with Crippen molar-refractivity contribution in [2.45, 2.75) is 6.04 Å². The number of anilines is 1. The Kier molecular flexibility index (Phi) is 5.58. The van der Waals surface area contributed by atoms with Gasteiger partial charge in [-0.2, -0.15) is 5.10 Å². The van der Waals surface area contributed by atoms with Gasteiger partial charge < -0.3 is 15.5 Å². The van der Waals surface area contributed by atoms with Crippen LogP contribution in [0.4, 0.5) is 5.69 Å². The first-order chi connectivity index (χ1) is 11.1. The fourth-order valence-electron chi connectivity index (χ4n) is 2.68. The number of nitrogens with zero attached hydrogens (tertiary/aromatic N) is 4. The molecule has 1 aromatic carbocycles. The Bertz CT molecular complexity index is 718. The molecule has 1 aliphatic heterocycles. The number of halogens is 1. The lowest BCUT2D eigenvalue weighted by atomic mass is 10.1. The molecule has 8 heteroatoms. The Morgan fingerprint density at radius 3 is 2.54 bits per heavy atom. The zero-order chi connectivity index (χ0) is 16.4. The molecule has 0 aliphatic carbocycles. The summed E-state index contributed by atoms with van der Waals surface area (Å²) in [4.78, 5) is 28.0. The molecule has 24 heavy (non-hydrogen) atoms. The number of rotatable bonds is 3. The van der Waals surface area contributed by atoms with E-state index in [1.165, 1.54) is 4.90 Å². The molecular formula is C16H20ClN5O2. The van der Waals surface area contributed by atoms with Crippen LogP contribution >= 0.6 is 12.4 Å². The number of hydrogen-bond donors (Lipinski definition) is 1. The predicted octanol–water partition coefficient (Wildman–Crippen LogP) is 0.717. The highest BCUT2D eigenvalue weighted by atomic mass is 35.5. The van der Waals surface area contributed by atoms with E-state index in [0.717, 1.165) is 11.3 Å². The molecule has 7 nitrogen and oxygen atoms in total. The van der Waals surface area contributed by atoms with Crippen molar-refractivity contribution < 1.29 is 9.59 Å². The van der Waals surface area contributed by atoms with Crippen molar-refractivity contribution in [1.29, 1.82) is 0 Å². The third-order valence-corrected chi connectivity index (χ3v) is 3.96. The van der Waals surface area contributed by atoms with Gasteiger partial charge in [-0.15, -0.1) is 12.4 Å². The maximum absolute atomic E-state index is 12.5. The first kappa shape index (κ1) is 18.0. The van der Waals surface area contributed by atoms with Gasteiger partial charge in [-0.25, -0.2) is 0 Å². The van der Waals surface area contributed by atoms with Gasteiger partial charge >= 0.3 is 0 Å². The fourth-order valence-corrected chi connectivity index (χ4v) is 2.68. The zero-order valence-electron chi connectivity index (χ0n) is 13.3. The number of carbonyl (C=O) groups excluding carboxylic acids is 2. The molecule has 0 radical (unpaired) electrons. The monoisotopic (exact) mass is 349 g/mol. The smallest absolute Gasteiger partial charge is 0.246 e. The lowest BCUT2D eigenvalue weighted by Crippen LogP contribution is -2.54. The molecule has 0 bridgehead atoms. The Morgan fingerprint density at radius 1 is 1.25 bits per heavy atom. The molecule has 1 saturated heterocycles. The Hall–Kier alpha value is -2.38. The number of aromatic nitrogens is 2. The van der Waals surface area contributed by atoms with E-state index in [0.29, 0.717) is 13.1 Å². The van der Waals surface area contributed by atoms with Crippen molar-refractivity contribution in [3.8, 4) is 0 Å². The van der Waals surface area contributed by atoms with Gasteiger partial charge in [0, 0.05) is 26.3 Å². The van der Waals surface area contributed by atoms with Gasteiger partial charge in [0.2, 0.25) is 11.8 Å². The van der Waals surface area contributed by atoms with Gasteiger partial charge in [-0.3, -0.25) is 14.3 Å². The summed E-state index contributed by atoms with van der Waals surface area (Å²) in [6.45, 7) is 0.937. The van der Waals surface area contributed by atoms with Crippen molar-refractivity contribution >= 4 is 29.9 Å². The van der Waals surface area contributed by atoms with Crippen LogP contribution in [-0.2, 0) is 16.6 Å². The van der Waals surface area contributed by atoms with Crippen molar-refractivity contribution in [1.82, 2.24) is 14.7 Å². The molecule has 3 rings (SSSR count). The number of carbonyl (C=O) groups is 2. The maximum atomic E-state index is 12.5. The van der Waals surface area contributed by atoms with Crippen LogP contribution in [0.5, 0.6) is 0 Å². The highest BCUT2D eigenvalue weighted by molar-refractivity contribution is 5.98. The number of amides is 2. The normalized spacial score (nSPS) is 15.8. The molecule has 1 unspecified atom stereocenters. The second kappa shape index (κ2) is 7.46. The molecule has 1 fully saturated rings. The van der Waals surface area contributed by atoms with Gasteiger partial charge in [0.05, 0.1) is 11.9 Å². The van der Waals surface area contributed by atoms with Crippen molar-refractivity contribution in [3.05, 3.63) is 48.3 Å². The van der Waals surface area contributed by atoms with Crippen LogP contribution in [0.2, 0.25) is 0 Å². The van der Waals surface area contributed by atoms with Crippen LogP contribution in [0, 0.1) is 0 Å². The van der Waals surface area contributed by atoms with Crippen molar-refractivity contribution in [2.75, 3.05) is 24.5 Å². The van der Waals surface area contributed by atoms with Gasteiger partial charge in [0.25, 0.3) is 0 Å². The topological polar surface area (TPSA) is 84.5 Å². The quantitative estimate of drug-likeness (QED) is 0.884. The van der Waals surface area contributed by atoms with Crippen LogP contribution in [0.25, 0.3) is 0 Å². The third-order valence-electron chi connectivity index (χ3n) is 3.96. The van der Waals surface area contributed by atoms with Gasteiger partial charge in [-0.1, -0.05) is 30.3 Å². The minimum atomic E-state index is -0.742. The summed E-state index contributed by atoms with van der Waals surface area (Å²) in [5.41, 5.74) is 7.53. The predicted molar refractivity (Wildman–Crippen MR) is 92.8 cm³/mol. The van der Waals surface area contributed by atoms with E-state index in [4.69, 9.17) is 5.73 Å². The lowest BCUT2D eigenvalue weighted by Gasteiger charge is -2.34. The minimum Gasteiger partial charge on any atom is -0.330 e. The molecule has 0 saturated carbocycles. The van der Waals surface area contributed by atoms with E-state index in [9.17, 15) is 9.59 Å². The fraction of sp³-hybridized carbons (Fsp3) is 0.312. The molecule has 1 atom stereocenters. The highest BCUT2D eigenvalue weighted by Gasteiger charge is 2.31.